The average molecular weight is 413 g/mol. The molecule has 0 heterocycles. The summed E-state index contributed by atoms with van der Waals surface area (Å²) in [7, 11) is 1.74. The van der Waals surface area contributed by atoms with E-state index in [-0.39, 0.29) is 17.6 Å². The first-order valence-electron chi connectivity index (χ1n) is 8.85. The Labute approximate surface area is 173 Å². The maximum absolute atomic E-state index is 12.5. The molecule has 0 bridgehead atoms. The number of carbonyl (C=O) groups excluding carboxylic acids is 2. The Kier molecular flexibility index (Phi) is 6.60. The van der Waals surface area contributed by atoms with E-state index in [2.05, 4.69) is 5.32 Å². The van der Waals surface area contributed by atoms with Crippen LogP contribution in [0.2, 0.25) is 5.02 Å². The predicted octanol–water partition coefficient (Wildman–Crippen LogP) is 5.20. The van der Waals surface area contributed by atoms with Crippen molar-refractivity contribution in [1.82, 2.24) is 4.90 Å². The van der Waals surface area contributed by atoms with Gasteiger partial charge in [-0.3, -0.25) is 9.59 Å². The van der Waals surface area contributed by atoms with Gasteiger partial charge in [0.2, 0.25) is 11.8 Å². The highest BCUT2D eigenvalue weighted by molar-refractivity contribution is 8.00. The maximum atomic E-state index is 12.5. The Morgan fingerprint density at radius 1 is 1.04 bits per heavy atom. The zero-order valence-electron chi connectivity index (χ0n) is 15.7. The number of nitrogens with zero attached hydrogens (tertiary/aromatic N) is 1. The molecule has 1 N–H and O–H groups in total. The lowest BCUT2D eigenvalue weighted by Gasteiger charge is -2.18. The number of rotatable bonds is 6. The summed E-state index contributed by atoms with van der Waals surface area (Å²) in [6.07, 6.45) is 0. The lowest BCUT2D eigenvalue weighted by atomic mass is 10.1. The molecule has 0 radical (unpaired) electrons. The summed E-state index contributed by atoms with van der Waals surface area (Å²) in [6, 6.07) is 19.2. The number of anilines is 1. The Hall–Kier alpha value is -2.50. The van der Waals surface area contributed by atoms with Crippen molar-refractivity contribution in [2.75, 3.05) is 18.1 Å². The van der Waals surface area contributed by atoms with Gasteiger partial charge in [0.15, 0.2) is 0 Å². The van der Waals surface area contributed by atoms with Crippen LogP contribution in [0.25, 0.3) is 10.8 Å². The van der Waals surface area contributed by atoms with Crippen molar-refractivity contribution in [2.24, 2.45) is 0 Å². The highest BCUT2D eigenvalue weighted by Gasteiger charge is 2.12. The predicted molar refractivity (Wildman–Crippen MR) is 117 cm³/mol. The number of nitrogens with one attached hydrogen (secondary N) is 1. The number of carbonyl (C=O) groups is 2. The second kappa shape index (κ2) is 9.13. The minimum atomic E-state index is -0.105. The van der Waals surface area contributed by atoms with Crippen molar-refractivity contribution in [3.63, 3.8) is 0 Å². The van der Waals surface area contributed by atoms with Crippen LogP contribution in [0.4, 0.5) is 5.69 Å². The molecule has 0 aromatic heterocycles. The SMILES string of the molecule is CC(=O)N(C)Cc1ccccc1NC(=O)CSc1cccc2cccc(Cl)c12. The molecule has 3 aromatic carbocycles. The van der Waals surface area contributed by atoms with Gasteiger partial charge >= 0.3 is 0 Å². The third-order valence-electron chi connectivity index (χ3n) is 4.41. The van der Waals surface area contributed by atoms with E-state index in [1.54, 1.807) is 11.9 Å². The van der Waals surface area contributed by atoms with Gasteiger partial charge in [-0.15, -0.1) is 11.8 Å². The van der Waals surface area contributed by atoms with Crippen molar-refractivity contribution >= 4 is 51.6 Å². The van der Waals surface area contributed by atoms with Crippen molar-refractivity contribution in [3.05, 3.63) is 71.2 Å². The van der Waals surface area contributed by atoms with E-state index in [0.717, 1.165) is 26.9 Å². The number of hydrogen-bond donors (Lipinski definition) is 1. The first-order chi connectivity index (χ1) is 13.5. The van der Waals surface area contributed by atoms with Gasteiger partial charge < -0.3 is 10.2 Å². The van der Waals surface area contributed by atoms with Crippen LogP contribution in [0, 0.1) is 0 Å². The van der Waals surface area contributed by atoms with Crippen LogP contribution in [0.1, 0.15) is 12.5 Å². The summed E-state index contributed by atoms with van der Waals surface area (Å²) >= 11 is 7.81. The van der Waals surface area contributed by atoms with E-state index in [9.17, 15) is 9.59 Å². The number of benzene rings is 3. The fraction of sp³-hybridized carbons (Fsp3) is 0.182. The lowest BCUT2D eigenvalue weighted by molar-refractivity contribution is -0.128. The second-order valence-electron chi connectivity index (χ2n) is 6.46. The lowest BCUT2D eigenvalue weighted by Crippen LogP contribution is -2.24. The number of fused-ring (bicyclic) bond motifs is 1. The minimum Gasteiger partial charge on any atom is -0.342 e. The Balaban J connectivity index is 1.70. The van der Waals surface area contributed by atoms with Crippen LogP contribution in [0.3, 0.4) is 0 Å². The van der Waals surface area contributed by atoms with Gasteiger partial charge in [-0.2, -0.15) is 0 Å². The number of thioether (sulfide) groups is 1. The summed E-state index contributed by atoms with van der Waals surface area (Å²) in [5.74, 6) is 0.137. The van der Waals surface area contributed by atoms with E-state index in [0.29, 0.717) is 11.6 Å². The summed E-state index contributed by atoms with van der Waals surface area (Å²) < 4.78 is 0. The van der Waals surface area contributed by atoms with Crippen molar-refractivity contribution < 1.29 is 9.59 Å². The molecule has 0 spiro atoms. The Morgan fingerprint density at radius 3 is 2.50 bits per heavy atom. The van der Waals surface area contributed by atoms with Gasteiger partial charge in [-0.1, -0.05) is 54.1 Å². The molecular formula is C22H21ClN2O2S. The van der Waals surface area contributed by atoms with E-state index in [4.69, 9.17) is 11.6 Å². The van der Waals surface area contributed by atoms with Crippen molar-refractivity contribution in [2.45, 2.75) is 18.4 Å². The first kappa shape index (κ1) is 20.2. The molecule has 6 heteroatoms. The smallest absolute Gasteiger partial charge is 0.234 e. The quantitative estimate of drug-likeness (QED) is 0.566. The molecule has 28 heavy (non-hydrogen) atoms. The second-order valence-corrected chi connectivity index (χ2v) is 7.89. The zero-order valence-corrected chi connectivity index (χ0v) is 17.3. The van der Waals surface area contributed by atoms with Crippen LogP contribution < -0.4 is 5.32 Å². The molecule has 3 aromatic rings. The minimum absolute atomic E-state index is 0.0236. The normalized spacial score (nSPS) is 10.7. The zero-order chi connectivity index (χ0) is 20.1. The summed E-state index contributed by atoms with van der Waals surface area (Å²) in [5.41, 5.74) is 1.61. The maximum Gasteiger partial charge on any atom is 0.234 e. The van der Waals surface area contributed by atoms with Crippen LogP contribution >= 0.6 is 23.4 Å². The van der Waals surface area contributed by atoms with Crippen molar-refractivity contribution in [3.8, 4) is 0 Å². The molecule has 0 aliphatic rings. The fourth-order valence-corrected chi connectivity index (χ4v) is 4.10. The van der Waals surface area contributed by atoms with E-state index >= 15 is 0 Å². The molecule has 2 amide bonds. The van der Waals surface area contributed by atoms with E-state index in [1.807, 2.05) is 60.7 Å². The van der Waals surface area contributed by atoms with E-state index in [1.165, 1.54) is 18.7 Å². The molecule has 144 valence electrons. The molecule has 3 rings (SSSR count). The van der Waals surface area contributed by atoms with Crippen LogP contribution in [0.15, 0.2) is 65.6 Å². The summed E-state index contributed by atoms with van der Waals surface area (Å²) in [5, 5.41) is 5.65. The summed E-state index contributed by atoms with van der Waals surface area (Å²) in [6.45, 7) is 1.96. The van der Waals surface area contributed by atoms with Gasteiger partial charge in [0, 0.05) is 41.5 Å². The molecular weight excluding hydrogens is 392 g/mol. The average Bonchev–Trinajstić information content (AvgIpc) is 2.68. The highest BCUT2D eigenvalue weighted by Crippen LogP contribution is 2.33. The molecule has 0 aliphatic heterocycles. The van der Waals surface area contributed by atoms with Gasteiger partial charge in [-0.25, -0.2) is 0 Å². The van der Waals surface area contributed by atoms with Crippen LogP contribution in [-0.2, 0) is 16.1 Å². The van der Waals surface area contributed by atoms with Gasteiger partial charge in [0.25, 0.3) is 0 Å². The fourth-order valence-electron chi connectivity index (χ4n) is 2.86. The molecule has 0 saturated carbocycles. The molecule has 0 atom stereocenters. The van der Waals surface area contributed by atoms with E-state index < -0.39 is 0 Å². The summed E-state index contributed by atoms with van der Waals surface area (Å²) in [4.78, 5) is 26.6. The first-order valence-corrected chi connectivity index (χ1v) is 10.2. The molecule has 4 nitrogen and oxygen atoms in total. The largest absolute Gasteiger partial charge is 0.342 e. The standard InChI is InChI=1S/C22H21ClN2O2S/c1-15(26)25(2)13-17-7-3-4-11-19(17)24-21(27)14-28-20-12-6-9-16-8-5-10-18(23)22(16)20/h3-12H,13-14H2,1-2H3,(H,24,27). The number of amides is 2. The number of halogens is 1. The Morgan fingerprint density at radius 2 is 1.75 bits per heavy atom. The van der Waals surface area contributed by atoms with Gasteiger partial charge in [-0.05, 0) is 29.1 Å². The third kappa shape index (κ3) is 4.86. The van der Waals surface area contributed by atoms with Gasteiger partial charge in [0.05, 0.1) is 5.75 Å². The Bertz CT molecular complexity index is 1020. The van der Waals surface area contributed by atoms with Crippen molar-refractivity contribution in [1.29, 1.82) is 0 Å². The van der Waals surface area contributed by atoms with Crippen LogP contribution in [-0.4, -0.2) is 29.5 Å². The molecule has 0 fully saturated rings. The molecule has 0 saturated heterocycles. The van der Waals surface area contributed by atoms with Crippen LogP contribution in [0.5, 0.6) is 0 Å². The third-order valence-corrected chi connectivity index (χ3v) is 5.78. The molecule has 0 unspecified atom stereocenters. The number of hydrogen-bond acceptors (Lipinski definition) is 3. The van der Waals surface area contributed by atoms with Gasteiger partial charge in [0.1, 0.15) is 0 Å². The molecule has 0 aliphatic carbocycles. The number of para-hydroxylation sites is 1. The topological polar surface area (TPSA) is 49.4 Å². The highest BCUT2D eigenvalue weighted by atomic mass is 35.5. The monoisotopic (exact) mass is 412 g/mol.